The number of hydrogen-bond donors (Lipinski definition) is 1. The van der Waals surface area contributed by atoms with Crippen molar-refractivity contribution in [2.75, 3.05) is 72.2 Å². The SMILES string of the molecule is CN=C(NCCCCN1CCN(C)CC1)N1CCS(=O)(=O)C(C)(C)C1. The minimum atomic E-state index is -3.01. The topological polar surface area (TPSA) is 68.2 Å². The van der Waals surface area contributed by atoms with Crippen molar-refractivity contribution in [2.45, 2.75) is 31.4 Å². The summed E-state index contributed by atoms with van der Waals surface area (Å²) in [4.78, 5) is 11.3. The number of piperazine rings is 1. The second-order valence-corrected chi connectivity index (χ2v) is 10.6. The van der Waals surface area contributed by atoms with Crippen LogP contribution in [-0.2, 0) is 9.84 Å². The van der Waals surface area contributed by atoms with Gasteiger partial charge in [-0.2, -0.15) is 0 Å². The van der Waals surface area contributed by atoms with E-state index in [9.17, 15) is 8.42 Å². The molecule has 0 amide bonds. The molecular formula is C17H35N5O2S. The maximum Gasteiger partial charge on any atom is 0.193 e. The number of likely N-dealkylation sites (N-methyl/N-ethyl adjacent to an activating group) is 1. The highest BCUT2D eigenvalue weighted by Crippen LogP contribution is 2.23. The van der Waals surface area contributed by atoms with Crippen LogP contribution in [0, 0.1) is 0 Å². The van der Waals surface area contributed by atoms with Gasteiger partial charge >= 0.3 is 0 Å². The molecule has 0 aromatic heterocycles. The molecule has 0 atom stereocenters. The summed E-state index contributed by atoms with van der Waals surface area (Å²) in [5.74, 6) is 1.02. The summed E-state index contributed by atoms with van der Waals surface area (Å²) in [6.07, 6.45) is 2.27. The first kappa shape index (κ1) is 20.5. The third-order valence-electron chi connectivity index (χ3n) is 5.33. The Labute approximate surface area is 153 Å². The van der Waals surface area contributed by atoms with E-state index in [2.05, 4.69) is 32.1 Å². The van der Waals surface area contributed by atoms with Crippen molar-refractivity contribution in [1.29, 1.82) is 0 Å². The number of aliphatic imine (C=N–C) groups is 1. The number of nitrogens with one attached hydrogen (secondary N) is 1. The number of hydrogen-bond acceptors (Lipinski definition) is 5. The number of unbranched alkanes of at least 4 members (excludes halogenated alkanes) is 1. The lowest BCUT2D eigenvalue weighted by Gasteiger charge is -2.39. The molecule has 8 heteroatoms. The van der Waals surface area contributed by atoms with Crippen LogP contribution in [0.1, 0.15) is 26.7 Å². The Bertz CT molecular complexity index is 553. The van der Waals surface area contributed by atoms with Gasteiger partial charge in [-0.25, -0.2) is 8.42 Å². The monoisotopic (exact) mass is 373 g/mol. The average molecular weight is 374 g/mol. The molecule has 2 aliphatic heterocycles. The van der Waals surface area contributed by atoms with Crippen molar-refractivity contribution in [1.82, 2.24) is 20.0 Å². The third kappa shape index (κ3) is 5.56. The normalized spacial score (nSPS) is 25.1. The zero-order valence-electron chi connectivity index (χ0n) is 16.3. The maximum absolute atomic E-state index is 12.1. The number of guanidine groups is 1. The summed E-state index contributed by atoms with van der Waals surface area (Å²) in [6.45, 7) is 11.3. The Balaban J connectivity index is 1.69. The zero-order valence-corrected chi connectivity index (χ0v) is 17.1. The Hall–Kier alpha value is -0.860. The fraction of sp³-hybridized carbons (Fsp3) is 0.941. The van der Waals surface area contributed by atoms with Crippen LogP contribution in [0.4, 0.5) is 0 Å². The molecule has 146 valence electrons. The molecule has 1 N–H and O–H groups in total. The first-order chi connectivity index (χ1) is 11.7. The Morgan fingerprint density at radius 2 is 1.80 bits per heavy atom. The number of nitrogens with zero attached hydrogens (tertiary/aromatic N) is 4. The average Bonchev–Trinajstić information content (AvgIpc) is 2.55. The van der Waals surface area contributed by atoms with Crippen molar-refractivity contribution in [3.8, 4) is 0 Å². The Morgan fingerprint density at radius 1 is 1.12 bits per heavy atom. The van der Waals surface area contributed by atoms with Crippen molar-refractivity contribution in [2.24, 2.45) is 4.99 Å². The summed E-state index contributed by atoms with van der Waals surface area (Å²) in [5, 5.41) is 3.40. The van der Waals surface area contributed by atoms with Gasteiger partial charge in [0.15, 0.2) is 15.8 Å². The molecule has 0 saturated carbocycles. The largest absolute Gasteiger partial charge is 0.356 e. The van der Waals surface area contributed by atoms with E-state index in [1.165, 1.54) is 32.6 Å². The van der Waals surface area contributed by atoms with Crippen molar-refractivity contribution < 1.29 is 8.42 Å². The molecular weight excluding hydrogens is 338 g/mol. The smallest absolute Gasteiger partial charge is 0.193 e. The Morgan fingerprint density at radius 3 is 2.40 bits per heavy atom. The Kier molecular flexibility index (Phi) is 7.10. The summed E-state index contributed by atoms with van der Waals surface area (Å²) >= 11 is 0. The summed E-state index contributed by atoms with van der Waals surface area (Å²) < 4.78 is 23.6. The number of sulfone groups is 1. The zero-order chi connectivity index (χ0) is 18.5. The first-order valence-electron chi connectivity index (χ1n) is 9.34. The van der Waals surface area contributed by atoms with E-state index in [1.807, 2.05) is 0 Å². The highest BCUT2D eigenvalue weighted by atomic mass is 32.2. The molecule has 0 aromatic carbocycles. The predicted molar refractivity (Wildman–Crippen MR) is 104 cm³/mol. The highest BCUT2D eigenvalue weighted by molar-refractivity contribution is 7.92. The van der Waals surface area contributed by atoms with Crippen LogP contribution in [0.3, 0.4) is 0 Å². The van der Waals surface area contributed by atoms with Crippen LogP contribution < -0.4 is 5.32 Å². The number of rotatable bonds is 5. The van der Waals surface area contributed by atoms with Gasteiger partial charge in [-0.15, -0.1) is 0 Å². The molecule has 0 aromatic rings. The molecule has 0 spiro atoms. The minimum Gasteiger partial charge on any atom is -0.356 e. The van der Waals surface area contributed by atoms with E-state index in [0.717, 1.165) is 25.5 Å². The molecule has 0 unspecified atom stereocenters. The van der Waals surface area contributed by atoms with Crippen molar-refractivity contribution in [3.63, 3.8) is 0 Å². The van der Waals surface area contributed by atoms with Gasteiger partial charge in [0.25, 0.3) is 0 Å². The van der Waals surface area contributed by atoms with Crippen LogP contribution in [0.25, 0.3) is 0 Å². The third-order valence-corrected chi connectivity index (χ3v) is 7.87. The second-order valence-electron chi connectivity index (χ2n) is 7.83. The quantitative estimate of drug-likeness (QED) is 0.419. The molecule has 25 heavy (non-hydrogen) atoms. The maximum atomic E-state index is 12.1. The molecule has 2 saturated heterocycles. The predicted octanol–water partition coefficient (Wildman–Crippen LogP) is 0.0984. The molecule has 7 nitrogen and oxygen atoms in total. The van der Waals surface area contributed by atoms with Crippen molar-refractivity contribution >= 4 is 15.8 Å². The van der Waals surface area contributed by atoms with E-state index in [4.69, 9.17) is 0 Å². The van der Waals surface area contributed by atoms with Gasteiger partial charge in [-0.05, 0) is 40.3 Å². The minimum absolute atomic E-state index is 0.199. The first-order valence-corrected chi connectivity index (χ1v) is 11.0. The molecule has 0 radical (unpaired) electrons. The van der Waals surface area contributed by atoms with E-state index < -0.39 is 14.6 Å². The van der Waals surface area contributed by atoms with Gasteiger partial charge in [-0.1, -0.05) is 0 Å². The molecule has 2 aliphatic rings. The van der Waals surface area contributed by atoms with E-state index in [1.54, 1.807) is 20.9 Å². The van der Waals surface area contributed by atoms with Gasteiger partial charge < -0.3 is 20.0 Å². The molecule has 0 bridgehead atoms. The van der Waals surface area contributed by atoms with Crippen LogP contribution in [-0.4, -0.2) is 106 Å². The lowest BCUT2D eigenvalue weighted by atomic mass is 10.2. The van der Waals surface area contributed by atoms with Gasteiger partial charge in [0.2, 0.25) is 0 Å². The molecule has 2 heterocycles. The van der Waals surface area contributed by atoms with E-state index in [0.29, 0.717) is 13.1 Å². The summed E-state index contributed by atoms with van der Waals surface area (Å²) in [6, 6.07) is 0. The highest BCUT2D eigenvalue weighted by Gasteiger charge is 2.40. The molecule has 0 aliphatic carbocycles. The molecule has 2 fully saturated rings. The second kappa shape index (κ2) is 8.68. The lowest BCUT2D eigenvalue weighted by molar-refractivity contribution is 0.152. The van der Waals surface area contributed by atoms with Crippen LogP contribution in [0.15, 0.2) is 4.99 Å². The van der Waals surface area contributed by atoms with Crippen molar-refractivity contribution in [3.05, 3.63) is 0 Å². The fourth-order valence-corrected chi connectivity index (χ4v) is 4.75. The fourth-order valence-electron chi connectivity index (χ4n) is 3.39. The van der Waals surface area contributed by atoms with Gasteiger partial charge in [0.05, 0.1) is 10.5 Å². The standard InChI is InChI=1S/C17H35N5O2S/c1-17(2)15-22(13-14-25(17,23)24)16(18-3)19-7-5-6-8-21-11-9-20(4)10-12-21/h5-15H2,1-4H3,(H,18,19). The summed E-state index contributed by atoms with van der Waals surface area (Å²) in [7, 11) is 0.933. The van der Waals surface area contributed by atoms with Gasteiger partial charge in [0.1, 0.15) is 0 Å². The van der Waals surface area contributed by atoms with Gasteiger partial charge in [-0.3, -0.25) is 4.99 Å². The van der Waals surface area contributed by atoms with Gasteiger partial charge in [0, 0.05) is 52.9 Å². The van der Waals surface area contributed by atoms with E-state index in [-0.39, 0.29) is 5.75 Å². The van der Waals surface area contributed by atoms with Crippen LogP contribution in [0.2, 0.25) is 0 Å². The lowest BCUT2D eigenvalue weighted by Crippen LogP contribution is -2.57. The molecule has 2 rings (SSSR count). The van der Waals surface area contributed by atoms with E-state index >= 15 is 0 Å². The summed E-state index contributed by atoms with van der Waals surface area (Å²) in [5.41, 5.74) is 0. The van der Waals surface area contributed by atoms with Crippen LogP contribution >= 0.6 is 0 Å². The van der Waals surface area contributed by atoms with Crippen LogP contribution in [0.5, 0.6) is 0 Å².